The zero-order chi connectivity index (χ0) is 19.8. The van der Waals surface area contributed by atoms with Gasteiger partial charge in [0.05, 0.1) is 24.1 Å². The van der Waals surface area contributed by atoms with E-state index in [1.54, 1.807) is 28.8 Å². The third kappa shape index (κ3) is 3.44. The average molecular weight is 390 g/mol. The highest BCUT2D eigenvalue weighted by molar-refractivity contribution is 5.79. The average Bonchev–Trinajstić information content (AvgIpc) is 3.11. The van der Waals surface area contributed by atoms with Gasteiger partial charge in [-0.3, -0.25) is 9.36 Å². The van der Waals surface area contributed by atoms with Crippen molar-refractivity contribution in [3.63, 3.8) is 0 Å². The minimum atomic E-state index is -0.589. The van der Waals surface area contributed by atoms with Crippen molar-refractivity contribution in [3.8, 4) is 11.8 Å². The van der Waals surface area contributed by atoms with Gasteiger partial charge in [-0.15, -0.1) is 0 Å². The van der Waals surface area contributed by atoms with Crippen LogP contribution in [0.1, 0.15) is 29.8 Å². The summed E-state index contributed by atoms with van der Waals surface area (Å²) in [5.41, 5.74) is 1.90. The zero-order valence-corrected chi connectivity index (χ0v) is 15.8. The lowest BCUT2D eigenvalue weighted by molar-refractivity contribution is -0.165. The number of rotatable bonds is 0. The quantitative estimate of drug-likeness (QED) is 0.554. The van der Waals surface area contributed by atoms with Gasteiger partial charge in [-0.05, 0) is 36.4 Å². The van der Waals surface area contributed by atoms with Crippen molar-refractivity contribution in [1.29, 1.82) is 0 Å². The Balaban J connectivity index is 1.51. The Morgan fingerprint density at radius 3 is 2.62 bits per heavy atom. The number of aryl methyl sites for hydroxylation is 1. The van der Waals surface area contributed by atoms with Crippen LogP contribution in [0.3, 0.4) is 0 Å². The van der Waals surface area contributed by atoms with Gasteiger partial charge in [0.15, 0.2) is 5.79 Å². The third-order valence-corrected chi connectivity index (χ3v) is 5.47. The molecule has 3 aromatic rings. The Bertz CT molecular complexity index is 1220. The normalized spacial score (nSPS) is 17.6. The fraction of sp³-hybridized carbons (Fsp3) is 0.304. The van der Waals surface area contributed by atoms with Gasteiger partial charge in [-0.1, -0.05) is 17.9 Å². The molecule has 1 aromatic heterocycles. The second kappa shape index (κ2) is 7.11. The van der Waals surface area contributed by atoms with Crippen molar-refractivity contribution in [1.82, 2.24) is 9.55 Å². The summed E-state index contributed by atoms with van der Waals surface area (Å²) in [5.74, 6) is 5.81. The number of nitrogens with zero attached hydrogens (tertiary/aromatic N) is 2. The molecule has 0 N–H and O–H groups in total. The second-order valence-electron chi connectivity index (χ2n) is 7.33. The molecule has 5 rings (SSSR count). The number of ether oxygens (including phenoxy) is 2. The fourth-order valence-corrected chi connectivity index (χ4v) is 3.97. The molecule has 1 spiro atoms. The monoisotopic (exact) mass is 390 g/mol. The molecule has 2 aliphatic rings. The Hall–Kier alpha value is -3.01. The zero-order valence-electron chi connectivity index (χ0n) is 15.8. The lowest BCUT2D eigenvalue weighted by Gasteiger charge is -2.24. The van der Waals surface area contributed by atoms with Gasteiger partial charge < -0.3 is 9.47 Å². The topological polar surface area (TPSA) is 53.4 Å². The summed E-state index contributed by atoms with van der Waals surface area (Å²) >= 11 is 0. The van der Waals surface area contributed by atoms with Gasteiger partial charge in [-0.2, -0.15) is 0 Å². The minimum absolute atomic E-state index is 0.0512. The Kier molecular flexibility index (Phi) is 4.42. The number of benzene rings is 2. The van der Waals surface area contributed by atoms with Crippen LogP contribution in [0.2, 0.25) is 0 Å². The minimum Gasteiger partial charge on any atom is -0.347 e. The highest BCUT2D eigenvalue weighted by Crippen LogP contribution is 2.31. The molecular formula is C23H19FN2O3. The van der Waals surface area contributed by atoms with E-state index < -0.39 is 5.79 Å². The van der Waals surface area contributed by atoms with Crippen molar-refractivity contribution in [2.45, 2.75) is 31.6 Å². The van der Waals surface area contributed by atoms with E-state index in [0.29, 0.717) is 55.5 Å². The largest absolute Gasteiger partial charge is 0.347 e. The summed E-state index contributed by atoms with van der Waals surface area (Å²) in [6.07, 6.45) is 1.94. The molecule has 0 radical (unpaired) electrons. The maximum atomic E-state index is 13.3. The first-order valence-corrected chi connectivity index (χ1v) is 9.71. The smallest absolute Gasteiger partial charge is 0.261 e. The third-order valence-electron chi connectivity index (χ3n) is 5.47. The summed E-state index contributed by atoms with van der Waals surface area (Å²) in [6.45, 7) is 1.71. The SMILES string of the molecule is O=c1c2ccc(C#Cc3cccc(F)c3)cc2nc2n1CCC1(CC2)OCCO1. The molecule has 0 amide bonds. The Labute approximate surface area is 167 Å². The van der Waals surface area contributed by atoms with Crippen LogP contribution in [0.15, 0.2) is 47.3 Å². The molecule has 3 heterocycles. The van der Waals surface area contributed by atoms with Crippen LogP contribution in [0.4, 0.5) is 4.39 Å². The van der Waals surface area contributed by atoms with Crippen molar-refractivity contribution < 1.29 is 13.9 Å². The van der Waals surface area contributed by atoms with E-state index in [2.05, 4.69) is 11.8 Å². The number of hydrogen-bond donors (Lipinski definition) is 0. The Morgan fingerprint density at radius 1 is 1.03 bits per heavy atom. The van der Waals surface area contributed by atoms with Crippen LogP contribution in [-0.4, -0.2) is 28.6 Å². The molecule has 0 saturated carbocycles. The molecule has 0 bridgehead atoms. The van der Waals surface area contributed by atoms with Crippen LogP contribution in [0, 0.1) is 17.7 Å². The number of halogens is 1. The van der Waals surface area contributed by atoms with Gasteiger partial charge in [-0.25, -0.2) is 9.37 Å². The van der Waals surface area contributed by atoms with Crippen molar-refractivity contribution in [2.24, 2.45) is 0 Å². The van der Waals surface area contributed by atoms with Crippen LogP contribution < -0.4 is 5.56 Å². The molecular weight excluding hydrogens is 371 g/mol. The maximum Gasteiger partial charge on any atom is 0.261 e. The van der Waals surface area contributed by atoms with E-state index in [0.717, 1.165) is 11.4 Å². The first-order chi connectivity index (χ1) is 14.1. The van der Waals surface area contributed by atoms with Crippen molar-refractivity contribution in [2.75, 3.05) is 13.2 Å². The highest BCUT2D eigenvalue weighted by atomic mass is 19.1. The van der Waals surface area contributed by atoms with Gasteiger partial charge in [0.25, 0.3) is 5.56 Å². The van der Waals surface area contributed by atoms with E-state index in [4.69, 9.17) is 14.5 Å². The first kappa shape index (κ1) is 18.0. The van der Waals surface area contributed by atoms with Crippen LogP contribution >= 0.6 is 0 Å². The van der Waals surface area contributed by atoms with Gasteiger partial charge in [0.2, 0.25) is 0 Å². The summed E-state index contributed by atoms with van der Waals surface area (Å²) in [6, 6.07) is 11.5. The lowest BCUT2D eigenvalue weighted by atomic mass is 10.1. The predicted octanol–water partition coefficient (Wildman–Crippen LogP) is 3.01. The van der Waals surface area contributed by atoms with Crippen LogP contribution in [0.5, 0.6) is 0 Å². The van der Waals surface area contributed by atoms with E-state index in [-0.39, 0.29) is 11.4 Å². The molecule has 0 atom stereocenters. The molecule has 6 heteroatoms. The fourth-order valence-electron chi connectivity index (χ4n) is 3.97. The summed E-state index contributed by atoms with van der Waals surface area (Å²) in [7, 11) is 0. The number of fused-ring (bicyclic) bond motifs is 2. The lowest BCUT2D eigenvalue weighted by Crippen LogP contribution is -2.31. The van der Waals surface area contributed by atoms with Crippen molar-refractivity contribution >= 4 is 10.9 Å². The number of hydrogen-bond acceptors (Lipinski definition) is 4. The summed E-state index contributed by atoms with van der Waals surface area (Å²) in [5, 5.41) is 0.564. The summed E-state index contributed by atoms with van der Waals surface area (Å²) in [4.78, 5) is 17.8. The molecule has 2 aliphatic heterocycles. The summed E-state index contributed by atoms with van der Waals surface area (Å²) < 4.78 is 26.7. The van der Waals surface area contributed by atoms with Gasteiger partial charge in [0, 0.05) is 36.9 Å². The molecule has 2 aromatic carbocycles. The van der Waals surface area contributed by atoms with E-state index in [9.17, 15) is 9.18 Å². The predicted molar refractivity (Wildman–Crippen MR) is 106 cm³/mol. The molecule has 1 saturated heterocycles. The highest BCUT2D eigenvalue weighted by Gasteiger charge is 2.38. The molecule has 29 heavy (non-hydrogen) atoms. The van der Waals surface area contributed by atoms with Gasteiger partial charge >= 0.3 is 0 Å². The molecule has 5 nitrogen and oxygen atoms in total. The Morgan fingerprint density at radius 2 is 1.83 bits per heavy atom. The van der Waals surface area contributed by atoms with Gasteiger partial charge in [0.1, 0.15) is 11.6 Å². The maximum absolute atomic E-state index is 13.3. The van der Waals surface area contributed by atoms with E-state index in [1.165, 1.54) is 12.1 Å². The van der Waals surface area contributed by atoms with E-state index in [1.807, 2.05) is 6.07 Å². The molecule has 0 unspecified atom stereocenters. The molecule has 1 fully saturated rings. The molecule has 0 aliphatic carbocycles. The van der Waals surface area contributed by atoms with E-state index >= 15 is 0 Å². The number of aromatic nitrogens is 2. The van der Waals surface area contributed by atoms with Crippen molar-refractivity contribution in [3.05, 3.63) is 75.6 Å². The van der Waals surface area contributed by atoms with Crippen LogP contribution in [-0.2, 0) is 22.4 Å². The van der Waals surface area contributed by atoms with Crippen LogP contribution in [0.25, 0.3) is 10.9 Å². The standard InChI is InChI=1S/C23H19FN2O3/c24-18-3-1-2-16(14-18)4-5-17-6-7-19-20(15-17)25-21-8-9-23(28-12-13-29-23)10-11-26(21)22(19)27/h1-3,6-7,14-15H,8-13H2. The molecule has 146 valence electrons. The second-order valence-corrected chi connectivity index (χ2v) is 7.33. The first-order valence-electron chi connectivity index (χ1n) is 9.71.